The maximum Gasteiger partial charge on any atom is 0.258 e. The average molecular weight is 279 g/mol. The van der Waals surface area contributed by atoms with Gasteiger partial charge in [-0.1, -0.05) is 11.6 Å². The molecular formula is C11H7ClN4OS. The number of hydrogen-bond acceptors (Lipinski definition) is 4. The van der Waals surface area contributed by atoms with Crippen molar-refractivity contribution in [2.45, 2.75) is 0 Å². The second-order valence-corrected chi connectivity index (χ2v) is 4.86. The highest BCUT2D eigenvalue weighted by Gasteiger charge is 2.13. The van der Waals surface area contributed by atoms with Crippen molar-refractivity contribution in [2.75, 3.05) is 5.32 Å². The van der Waals surface area contributed by atoms with Gasteiger partial charge in [0.05, 0.1) is 32.7 Å². The smallest absolute Gasteiger partial charge is 0.258 e. The number of amides is 1. The highest BCUT2D eigenvalue weighted by molar-refractivity contribution is 7.16. The van der Waals surface area contributed by atoms with Gasteiger partial charge in [-0.15, -0.1) is 11.3 Å². The summed E-state index contributed by atoms with van der Waals surface area (Å²) < 4.78 is 0.974. The summed E-state index contributed by atoms with van der Waals surface area (Å²) in [4.78, 5) is 16.1. The molecule has 1 amide bonds. The molecule has 0 spiro atoms. The van der Waals surface area contributed by atoms with Crippen molar-refractivity contribution in [3.05, 3.63) is 40.6 Å². The van der Waals surface area contributed by atoms with Crippen LogP contribution in [-0.4, -0.2) is 21.1 Å². The molecule has 0 aliphatic rings. The lowest BCUT2D eigenvalue weighted by Crippen LogP contribution is -2.11. The van der Waals surface area contributed by atoms with Crippen LogP contribution in [0, 0.1) is 0 Å². The first-order chi connectivity index (χ1) is 8.75. The molecule has 2 heterocycles. The number of anilines is 1. The first-order valence-corrected chi connectivity index (χ1v) is 6.33. The molecule has 5 nitrogen and oxygen atoms in total. The van der Waals surface area contributed by atoms with E-state index in [1.807, 2.05) is 6.07 Å². The third-order valence-electron chi connectivity index (χ3n) is 2.45. The minimum atomic E-state index is -0.272. The number of fused-ring (bicyclic) bond motifs is 1. The predicted molar refractivity (Wildman–Crippen MR) is 71.2 cm³/mol. The van der Waals surface area contributed by atoms with Gasteiger partial charge < -0.3 is 5.32 Å². The number of carbonyl (C=O) groups excluding carboxylic acids is 1. The molecule has 0 saturated heterocycles. The van der Waals surface area contributed by atoms with Gasteiger partial charge in [-0.05, 0) is 12.1 Å². The zero-order valence-electron chi connectivity index (χ0n) is 8.98. The van der Waals surface area contributed by atoms with Gasteiger partial charge in [0.2, 0.25) is 0 Å². The number of aromatic nitrogens is 3. The van der Waals surface area contributed by atoms with Crippen molar-refractivity contribution in [1.82, 2.24) is 15.2 Å². The van der Waals surface area contributed by atoms with Gasteiger partial charge in [0.15, 0.2) is 0 Å². The molecule has 7 heteroatoms. The average Bonchev–Trinajstić information content (AvgIpc) is 3.02. The number of nitrogens with one attached hydrogen (secondary N) is 2. The summed E-state index contributed by atoms with van der Waals surface area (Å²) >= 11 is 7.59. The van der Waals surface area contributed by atoms with E-state index in [4.69, 9.17) is 11.6 Å². The predicted octanol–water partition coefficient (Wildman–Crippen LogP) is 2.93. The second-order valence-electron chi connectivity index (χ2n) is 3.56. The van der Waals surface area contributed by atoms with Crippen molar-refractivity contribution < 1.29 is 4.79 Å². The van der Waals surface area contributed by atoms with Gasteiger partial charge in [0.25, 0.3) is 5.91 Å². The van der Waals surface area contributed by atoms with E-state index in [9.17, 15) is 4.79 Å². The highest BCUT2D eigenvalue weighted by Crippen LogP contribution is 2.32. The van der Waals surface area contributed by atoms with E-state index < -0.39 is 0 Å². The minimum absolute atomic E-state index is 0.272. The molecule has 2 N–H and O–H groups in total. The largest absolute Gasteiger partial charge is 0.319 e. The van der Waals surface area contributed by atoms with E-state index >= 15 is 0 Å². The number of aromatic amines is 1. The molecule has 3 rings (SSSR count). The van der Waals surface area contributed by atoms with Crippen molar-refractivity contribution in [3.8, 4) is 0 Å². The Balaban J connectivity index is 2.02. The number of benzene rings is 1. The molecule has 0 fully saturated rings. The standard InChI is InChI=1S/C11H7ClN4OS/c12-7-1-2-8-10(13-5-18-8)9(7)16-11(17)6-3-14-15-4-6/h1-5H,(H,14,15)(H,16,17). The zero-order chi connectivity index (χ0) is 12.5. The van der Waals surface area contributed by atoms with Crippen LogP contribution in [0.2, 0.25) is 5.02 Å². The number of carbonyl (C=O) groups is 1. The molecule has 2 aromatic heterocycles. The molecule has 90 valence electrons. The summed E-state index contributed by atoms with van der Waals surface area (Å²) in [5.74, 6) is -0.272. The number of halogens is 1. The lowest BCUT2D eigenvalue weighted by molar-refractivity contribution is 0.102. The van der Waals surface area contributed by atoms with Crippen LogP contribution < -0.4 is 5.32 Å². The summed E-state index contributed by atoms with van der Waals surface area (Å²) in [6, 6.07) is 3.62. The summed E-state index contributed by atoms with van der Waals surface area (Å²) in [6.45, 7) is 0. The molecular weight excluding hydrogens is 272 g/mol. The maximum atomic E-state index is 11.9. The van der Waals surface area contributed by atoms with Crippen molar-refractivity contribution in [1.29, 1.82) is 0 Å². The maximum absolute atomic E-state index is 11.9. The van der Waals surface area contributed by atoms with Crippen molar-refractivity contribution >= 4 is 44.7 Å². The van der Waals surface area contributed by atoms with E-state index in [0.29, 0.717) is 21.8 Å². The van der Waals surface area contributed by atoms with Crippen LogP contribution in [0.4, 0.5) is 5.69 Å². The first kappa shape index (κ1) is 11.2. The monoisotopic (exact) mass is 278 g/mol. The Hall–Kier alpha value is -1.92. The molecule has 0 bridgehead atoms. The van der Waals surface area contributed by atoms with Crippen LogP contribution >= 0.6 is 22.9 Å². The molecule has 0 aliphatic carbocycles. The Labute approximate surface area is 111 Å². The van der Waals surface area contributed by atoms with Crippen LogP contribution in [0.25, 0.3) is 10.2 Å². The van der Waals surface area contributed by atoms with E-state index in [-0.39, 0.29) is 5.91 Å². The van der Waals surface area contributed by atoms with Gasteiger partial charge in [0.1, 0.15) is 5.52 Å². The highest BCUT2D eigenvalue weighted by atomic mass is 35.5. The van der Waals surface area contributed by atoms with Crippen molar-refractivity contribution in [3.63, 3.8) is 0 Å². The molecule has 0 unspecified atom stereocenters. The Morgan fingerprint density at radius 3 is 3.11 bits per heavy atom. The number of thiazole rings is 1. The van der Waals surface area contributed by atoms with Gasteiger partial charge in [-0.3, -0.25) is 9.89 Å². The summed E-state index contributed by atoms with van der Waals surface area (Å²) in [7, 11) is 0. The Morgan fingerprint density at radius 1 is 1.44 bits per heavy atom. The van der Waals surface area contributed by atoms with Crippen LogP contribution in [0.1, 0.15) is 10.4 Å². The fraction of sp³-hybridized carbons (Fsp3) is 0. The van der Waals surface area contributed by atoms with E-state index in [0.717, 1.165) is 4.70 Å². The lowest BCUT2D eigenvalue weighted by Gasteiger charge is -2.06. The lowest BCUT2D eigenvalue weighted by atomic mass is 10.2. The quantitative estimate of drug-likeness (QED) is 0.757. The molecule has 0 radical (unpaired) electrons. The summed E-state index contributed by atoms with van der Waals surface area (Å²) in [5, 5.41) is 9.53. The van der Waals surface area contributed by atoms with Gasteiger partial charge in [-0.25, -0.2) is 4.98 Å². The fourth-order valence-electron chi connectivity index (χ4n) is 1.59. The zero-order valence-corrected chi connectivity index (χ0v) is 10.5. The molecule has 1 aromatic carbocycles. The summed E-state index contributed by atoms with van der Waals surface area (Å²) in [5.41, 5.74) is 3.39. The van der Waals surface area contributed by atoms with E-state index in [2.05, 4.69) is 20.5 Å². The Bertz CT molecular complexity index is 707. The van der Waals surface area contributed by atoms with Crippen LogP contribution in [0.15, 0.2) is 30.0 Å². The van der Waals surface area contributed by atoms with Gasteiger partial charge >= 0.3 is 0 Å². The van der Waals surface area contributed by atoms with Crippen molar-refractivity contribution in [2.24, 2.45) is 0 Å². The fourth-order valence-corrected chi connectivity index (χ4v) is 2.47. The third-order valence-corrected chi connectivity index (χ3v) is 3.56. The molecule has 0 saturated carbocycles. The molecule has 0 aliphatic heterocycles. The Kier molecular flexibility index (Phi) is 2.73. The normalized spacial score (nSPS) is 10.7. The summed E-state index contributed by atoms with van der Waals surface area (Å²) in [6.07, 6.45) is 2.97. The number of nitrogens with zero attached hydrogens (tertiary/aromatic N) is 2. The van der Waals surface area contributed by atoms with Crippen LogP contribution in [0.5, 0.6) is 0 Å². The number of rotatable bonds is 2. The van der Waals surface area contributed by atoms with E-state index in [1.54, 1.807) is 11.6 Å². The SMILES string of the molecule is O=C(Nc1c(Cl)ccc2scnc12)c1cn[nH]c1. The van der Waals surface area contributed by atoms with E-state index in [1.165, 1.54) is 23.7 Å². The first-order valence-electron chi connectivity index (χ1n) is 5.07. The molecule has 18 heavy (non-hydrogen) atoms. The van der Waals surface area contributed by atoms with Gasteiger partial charge in [0, 0.05) is 6.20 Å². The topological polar surface area (TPSA) is 70.7 Å². The second kappa shape index (κ2) is 4.40. The van der Waals surface area contributed by atoms with Crippen LogP contribution in [-0.2, 0) is 0 Å². The van der Waals surface area contributed by atoms with Gasteiger partial charge in [-0.2, -0.15) is 5.10 Å². The molecule has 0 atom stereocenters. The minimum Gasteiger partial charge on any atom is -0.319 e. The molecule has 3 aromatic rings. The van der Waals surface area contributed by atoms with Crippen LogP contribution in [0.3, 0.4) is 0 Å². The third kappa shape index (κ3) is 1.85. The number of H-pyrrole nitrogens is 1. The number of hydrogen-bond donors (Lipinski definition) is 2. The Morgan fingerprint density at radius 2 is 2.33 bits per heavy atom.